The van der Waals surface area contributed by atoms with E-state index in [9.17, 15) is 22.8 Å². The molecule has 1 fully saturated rings. The molecule has 3 rings (SSSR count). The predicted octanol–water partition coefficient (Wildman–Crippen LogP) is 3.11. The first-order valence-electron chi connectivity index (χ1n) is 10.0. The molecule has 1 aliphatic heterocycles. The van der Waals surface area contributed by atoms with E-state index < -0.39 is 36.8 Å². The zero-order chi connectivity index (χ0) is 23.8. The zero-order valence-electron chi connectivity index (χ0n) is 17.8. The molecule has 11 heteroatoms. The summed E-state index contributed by atoms with van der Waals surface area (Å²) < 4.78 is 59.9. The molecule has 0 saturated carbocycles. The summed E-state index contributed by atoms with van der Waals surface area (Å²) in [6.45, 7) is 0.643. The minimum absolute atomic E-state index is 0.0257. The molecular weight excluding hydrogens is 445 g/mol. The lowest BCUT2D eigenvalue weighted by Gasteiger charge is -2.31. The van der Waals surface area contributed by atoms with Crippen molar-refractivity contribution >= 4 is 23.3 Å². The van der Waals surface area contributed by atoms with Crippen LogP contribution in [0.5, 0.6) is 11.5 Å². The van der Waals surface area contributed by atoms with Gasteiger partial charge in [0.05, 0.1) is 37.3 Å². The van der Waals surface area contributed by atoms with Crippen molar-refractivity contribution in [3.8, 4) is 11.5 Å². The summed E-state index contributed by atoms with van der Waals surface area (Å²) in [7, 11) is 1.52. The molecule has 0 aliphatic carbocycles. The van der Waals surface area contributed by atoms with E-state index in [1.54, 1.807) is 24.3 Å². The van der Waals surface area contributed by atoms with Gasteiger partial charge in [-0.15, -0.1) is 0 Å². The Labute approximate surface area is 188 Å². The van der Waals surface area contributed by atoms with Crippen LogP contribution >= 0.6 is 0 Å². The second-order valence-corrected chi connectivity index (χ2v) is 7.00. The molecule has 0 atom stereocenters. The fourth-order valence-electron chi connectivity index (χ4n) is 3.08. The maximum atomic E-state index is 13.2. The van der Waals surface area contributed by atoms with E-state index in [0.717, 1.165) is 12.1 Å². The van der Waals surface area contributed by atoms with Crippen LogP contribution in [-0.4, -0.2) is 58.5 Å². The molecule has 33 heavy (non-hydrogen) atoms. The molecule has 0 radical (unpaired) electrons. The van der Waals surface area contributed by atoms with E-state index in [4.69, 9.17) is 18.9 Å². The summed E-state index contributed by atoms with van der Waals surface area (Å²) in [4.78, 5) is 26.0. The number of benzene rings is 2. The van der Waals surface area contributed by atoms with E-state index in [2.05, 4.69) is 5.32 Å². The van der Waals surface area contributed by atoms with Crippen LogP contribution in [0.3, 0.4) is 0 Å². The average Bonchev–Trinajstić information content (AvgIpc) is 2.81. The molecule has 0 bridgehead atoms. The molecule has 1 saturated heterocycles. The number of carbonyl (C=O) groups excluding carboxylic acids is 2. The summed E-state index contributed by atoms with van der Waals surface area (Å²) in [5.41, 5.74) is -0.504. The van der Waals surface area contributed by atoms with Gasteiger partial charge in [0.15, 0.2) is 13.2 Å². The van der Waals surface area contributed by atoms with Crippen molar-refractivity contribution in [3.05, 3.63) is 48.0 Å². The van der Waals surface area contributed by atoms with Crippen LogP contribution in [0.25, 0.3) is 0 Å². The van der Waals surface area contributed by atoms with Crippen molar-refractivity contribution in [2.45, 2.75) is 6.18 Å². The van der Waals surface area contributed by atoms with Crippen molar-refractivity contribution in [1.29, 1.82) is 0 Å². The highest BCUT2D eigenvalue weighted by atomic mass is 19.4. The number of carbonyl (C=O) groups is 2. The monoisotopic (exact) mass is 468 g/mol. The topological polar surface area (TPSA) is 86.3 Å². The summed E-state index contributed by atoms with van der Waals surface area (Å²) in [5.74, 6) is -0.566. The summed E-state index contributed by atoms with van der Waals surface area (Å²) in [5, 5.41) is 2.41. The van der Waals surface area contributed by atoms with E-state index in [1.807, 2.05) is 4.90 Å². The van der Waals surface area contributed by atoms with Crippen LogP contribution in [0.2, 0.25) is 0 Å². The molecule has 1 amide bonds. The summed E-state index contributed by atoms with van der Waals surface area (Å²) in [6.07, 6.45) is -4.58. The molecule has 0 spiro atoms. The van der Waals surface area contributed by atoms with Crippen LogP contribution in [0, 0.1) is 0 Å². The predicted molar refractivity (Wildman–Crippen MR) is 113 cm³/mol. The van der Waals surface area contributed by atoms with Crippen LogP contribution in [0.4, 0.5) is 24.5 Å². The molecule has 1 N–H and O–H groups in total. The van der Waals surface area contributed by atoms with E-state index in [0.29, 0.717) is 43.5 Å². The van der Waals surface area contributed by atoms with Crippen molar-refractivity contribution in [1.82, 2.24) is 0 Å². The number of nitrogens with zero attached hydrogens (tertiary/aromatic N) is 1. The lowest BCUT2D eigenvalue weighted by Crippen LogP contribution is -2.37. The maximum absolute atomic E-state index is 13.2. The first-order valence-corrected chi connectivity index (χ1v) is 10.0. The largest absolute Gasteiger partial charge is 0.497 e. The zero-order valence-corrected chi connectivity index (χ0v) is 17.8. The van der Waals surface area contributed by atoms with Crippen molar-refractivity contribution in [3.63, 3.8) is 0 Å². The van der Waals surface area contributed by atoms with E-state index in [1.165, 1.54) is 13.2 Å². The SMILES string of the molecule is COc1ccc(OCC(=O)OCC(=O)Nc2cc(C(F)(F)F)ccc2N2CCOCC2)cc1. The molecule has 0 aromatic heterocycles. The minimum Gasteiger partial charge on any atom is -0.497 e. The van der Waals surface area contributed by atoms with Crippen LogP contribution in [0.1, 0.15) is 5.56 Å². The van der Waals surface area contributed by atoms with Gasteiger partial charge in [-0.25, -0.2) is 4.79 Å². The summed E-state index contributed by atoms with van der Waals surface area (Å²) >= 11 is 0. The van der Waals surface area contributed by atoms with Gasteiger partial charge in [-0.2, -0.15) is 13.2 Å². The normalized spacial score (nSPS) is 13.9. The fourth-order valence-corrected chi connectivity index (χ4v) is 3.08. The number of hydrogen-bond acceptors (Lipinski definition) is 7. The second kappa shape index (κ2) is 10.9. The van der Waals surface area contributed by atoms with Crippen molar-refractivity contribution < 1.29 is 41.7 Å². The molecule has 0 unspecified atom stereocenters. The quantitative estimate of drug-likeness (QED) is 0.596. The van der Waals surface area contributed by atoms with Gasteiger partial charge in [0, 0.05) is 13.1 Å². The standard InChI is InChI=1S/C22H23F3N2O6/c1-30-16-3-5-17(6-4-16)32-14-21(29)33-13-20(28)26-18-12-15(22(23,24)25)2-7-19(18)27-8-10-31-11-9-27/h2-7,12H,8-11,13-14H2,1H3,(H,26,28). The molecular formula is C22H23F3N2O6. The number of ether oxygens (including phenoxy) is 4. The maximum Gasteiger partial charge on any atom is 0.416 e. The lowest BCUT2D eigenvalue weighted by atomic mass is 10.1. The first kappa shape index (κ1) is 24.2. The molecule has 178 valence electrons. The van der Waals surface area contributed by atoms with E-state index >= 15 is 0 Å². The Morgan fingerprint density at radius 1 is 1.03 bits per heavy atom. The highest BCUT2D eigenvalue weighted by molar-refractivity contribution is 5.96. The smallest absolute Gasteiger partial charge is 0.416 e. The minimum atomic E-state index is -4.58. The Morgan fingerprint density at radius 3 is 2.33 bits per heavy atom. The van der Waals surface area contributed by atoms with Crippen LogP contribution < -0.4 is 19.7 Å². The van der Waals surface area contributed by atoms with Crippen molar-refractivity contribution in [2.75, 3.05) is 56.8 Å². The number of rotatable bonds is 8. The number of methoxy groups -OCH3 is 1. The number of nitrogens with one attached hydrogen (secondary N) is 1. The van der Waals surface area contributed by atoms with Gasteiger partial charge in [-0.1, -0.05) is 0 Å². The van der Waals surface area contributed by atoms with Gasteiger partial charge in [-0.05, 0) is 42.5 Å². The number of hydrogen-bond donors (Lipinski definition) is 1. The van der Waals surface area contributed by atoms with E-state index in [-0.39, 0.29) is 5.69 Å². The van der Waals surface area contributed by atoms with Gasteiger partial charge < -0.3 is 29.2 Å². The van der Waals surface area contributed by atoms with Crippen LogP contribution in [0.15, 0.2) is 42.5 Å². The molecule has 8 nitrogen and oxygen atoms in total. The van der Waals surface area contributed by atoms with Gasteiger partial charge in [-0.3, -0.25) is 4.79 Å². The Hall–Kier alpha value is -3.47. The van der Waals surface area contributed by atoms with Crippen molar-refractivity contribution in [2.24, 2.45) is 0 Å². The van der Waals surface area contributed by atoms with Gasteiger partial charge in [0.2, 0.25) is 0 Å². The van der Waals surface area contributed by atoms with Gasteiger partial charge in [0.1, 0.15) is 11.5 Å². The first-order chi connectivity index (χ1) is 15.8. The number of esters is 1. The molecule has 2 aromatic carbocycles. The number of morpholine rings is 1. The third kappa shape index (κ3) is 7.01. The van der Waals surface area contributed by atoms with Gasteiger partial charge >= 0.3 is 12.1 Å². The fraction of sp³-hybridized carbons (Fsp3) is 0.364. The Kier molecular flexibility index (Phi) is 7.99. The molecule has 1 aliphatic rings. The third-order valence-corrected chi connectivity index (χ3v) is 4.73. The number of alkyl halides is 3. The molecule has 2 aromatic rings. The highest BCUT2D eigenvalue weighted by Crippen LogP contribution is 2.35. The Bertz CT molecular complexity index is 960. The Balaban J connectivity index is 1.58. The molecule has 1 heterocycles. The number of halogens is 3. The highest BCUT2D eigenvalue weighted by Gasteiger charge is 2.32. The average molecular weight is 468 g/mol. The number of amides is 1. The third-order valence-electron chi connectivity index (χ3n) is 4.73. The lowest BCUT2D eigenvalue weighted by molar-refractivity contribution is -0.149. The van der Waals surface area contributed by atoms with Gasteiger partial charge in [0.25, 0.3) is 5.91 Å². The number of anilines is 2. The summed E-state index contributed by atoms with van der Waals surface area (Å²) in [6, 6.07) is 9.61. The van der Waals surface area contributed by atoms with Crippen LogP contribution in [-0.2, 0) is 25.2 Å². The Morgan fingerprint density at radius 2 is 1.70 bits per heavy atom. The second-order valence-electron chi connectivity index (χ2n) is 7.00.